The smallest absolute Gasteiger partial charge is 0.0431 e. The second kappa shape index (κ2) is 3.62. The van der Waals surface area contributed by atoms with Crippen LogP contribution in [0.5, 0.6) is 0 Å². The number of rotatable bonds is 2. The quantitative estimate of drug-likeness (QED) is 0.676. The van der Waals surface area contributed by atoms with Gasteiger partial charge in [0, 0.05) is 4.83 Å². The molecule has 1 saturated carbocycles. The van der Waals surface area contributed by atoms with Crippen LogP contribution in [0.15, 0.2) is 18.2 Å². The summed E-state index contributed by atoms with van der Waals surface area (Å²) in [4.78, 5) is 0.535. The number of hydrogen-bond donors (Lipinski definition) is 0. The maximum absolute atomic E-state index is 3.86. The van der Waals surface area contributed by atoms with Crippen LogP contribution in [0, 0.1) is 25.2 Å². The first-order valence-corrected chi connectivity index (χ1v) is 6.54. The summed E-state index contributed by atoms with van der Waals surface area (Å²) in [5.74, 6) is 0.805. The van der Waals surface area contributed by atoms with Gasteiger partial charge < -0.3 is 0 Å². The van der Waals surface area contributed by atoms with Gasteiger partial charge in [0.15, 0.2) is 0 Å². The summed E-state index contributed by atoms with van der Waals surface area (Å²) in [7, 11) is 0. The van der Waals surface area contributed by atoms with Crippen molar-refractivity contribution in [3.63, 3.8) is 0 Å². The van der Waals surface area contributed by atoms with Gasteiger partial charge in [-0.05, 0) is 42.7 Å². The van der Waals surface area contributed by atoms with Crippen molar-refractivity contribution >= 4 is 15.9 Å². The molecule has 0 aromatic heterocycles. The molecule has 0 radical (unpaired) electrons. The third-order valence-electron chi connectivity index (χ3n) is 3.67. The highest BCUT2D eigenvalue weighted by Crippen LogP contribution is 2.60. The number of alkyl halides is 1. The molecule has 0 nitrogen and oxygen atoms in total. The summed E-state index contributed by atoms with van der Waals surface area (Å²) >= 11 is 3.86. The Morgan fingerprint density at radius 2 is 1.93 bits per heavy atom. The van der Waals surface area contributed by atoms with E-state index >= 15 is 0 Å². The van der Waals surface area contributed by atoms with Gasteiger partial charge in [0.25, 0.3) is 0 Å². The Hall–Kier alpha value is -0.300. The van der Waals surface area contributed by atoms with E-state index in [4.69, 9.17) is 0 Å². The monoisotopic (exact) mass is 266 g/mol. The largest absolute Gasteiger partial charge is 0.0835 e. The lowest BCUT2D eigenvalue weighted by molar-refractivity contribution is 0.554. The molecule has 1 aromatic carbocycles. The highest BCUT2D eigenvalue weighted by molar-refractivity contribution is 9.09. The topological polar surface area (TPSA) is 0 Å². The van der Waals surface area contributed by atoms with Crippen molar-refractivity contribution < 1.29 is 0 Å². The second-order valence-corrected chi connectivity index (χ2v) is 6.55. The van der Waals surface area contributed by atoms with Crippen LogP contribution in [0.3, 0.4) is 0 Å². The molecule has 2 unspecified atom stereocenters. The van der Waals surface area contributed by atoms with Crippen LogP contribution in [-0.2, 0) is 0 Å². The molecule has 1 aromatic rings. The van der Waals surface area contributed by atoms with Crippen molar-refractivity contribution in [2.45, 2.75) is 38.9 Å². The molecule has 82 valence electrons. The molecule has 0 amide bonds. The molecule has 2 rings (SSSR count). The number of benzene rings is 1. The summed E-state index contributed by atoms with van der Waals surface area (Å²) < 4.78 is 0. The lowest BCUT2D eigenvalue weighted by atomic mass is 9.98. The SMILES string of the molecule is Cc1ccc(C(Br)C2CC2(C)C)c(C)c1. The van der Waals surface area contributed by atoms with Gasteiger partial charge in [0.2, 0.25) is 0 Å². The van der Waals surface area contributed by atoms with E-state index in [-0.39, 0.29) is 0 Å². The predicted octanol–water partition coefficient (Wildman–Crippen LogP) is 4.79. The van der Waals surface area contributed by atoms with E-state index in [1.165, 1.54) is 23.1 Å². The Kier molecular flexibility index (Phi) is 2.70. The molecule has 1 fully saturated rings. The van der Waals surface area contributed by atoms with Gasteiger partial charge >= 0.3 is 0 Å². The molecular weight excluding hydrogens is 248 g/mol. The fourth-order valence-corrected chi connectivity index (χ4v) is 3.78. The van der Waals surface area contributed by atoms with Crippen molar-refractivity contribution in [2.24, 2.45) is 11.3 Å². The molecule has 0 bridgehead atoms. The summed E-state index contributed by atoms with van der Waals surface area (Å²) in [6, 6.07) is 6.77. The Bertz CT molecular complexity index is 379. The molecule has 0 heterocycles. The van der Waals surface area contributed by atoms with Crippen LogP contribution >= 0.6 is 15.9 Å². The van der Waals surface area contributed by atoms with Crippen molar-refractivity contribution in [2.75, 3.05) is 0 Å². The third-order valence-corrected chi connectivity index (χ3v) is 4.80. The number of hydrogen-bond acceptors (Lipinski definition) is 0. The fourth-order valence-electron chi connectivity index (χ4n) is 2.36. The first-order valence-electron chi connectivity index (χ1n) is 5.63. The van der Waals surface area contributed by atoms with E-state index in [9.17, 15) is 0 Å². The maximum atomic E-state index is 3.86. The summed E-state index contributed by atoms with van der Waals surface area (Å²) in [5, 5.41) is 0. The third kappa shape index (κ3) is 2.13. The fraction of sp³-hybridized carbons (Fsp3) is 0.571. The highest BCUT2D eigenvalue weighted by Gasteiger charge is 2.49. The van der Waals surface area contributed by atoms with Gasteiger partial charge in [0.05, 0.1) is 0 Å². The standard InChI is InChI=1S/C14H19Br/c1-9-5-6-11(10(2)7-9)13(15)12-8-14(12,3)4/h5-7,12-13H,8H2,1-4H3. The molecule has 0 spiro atoms. The van der Waals surface area contributed by atoms with Crippen molar-refractivity contribution in [3.05, 3.63) is 34.9 Å². The lowest BCUT2D eigenvalue weighted by Gasteiger charge is -2.15. The molecule has 0 saturated heterocycles. The zero-order valence-corrected chi connectivity index (χ0v) is 11.6. The second-order valence-electron chi connectivity index (χ2n) is 5.56. The summed E-state index contributed by atoms with van der Waals surface area (Å²) in [6.45, 7) is 9.08. The first-order chi connectivity index (χ1) is 6.92. The van der Waals surface area contributed by atoms with Gasteiger partial charge in [-0.1, -0.05) is 53.5 Å². The van der Waals surface area contributed by atoms with E-state index in [2.05, 4.69) is 61.8 Å². The minimum atomic E-state index is 0.533. The van der Waals surface area contributed by atoms with Crippen LogP contribution in [0.25, 0.3) is 0 Å². The molecule has 1 heteroatoms. The minimum absolute atomic E-state index is 0.533. The van der Waals surface area contributed by atoms with Crippen molar-refractivity contribution in [3.8, 4) is 0 Å². The zero-order valence-electron chi connectivity index (χ0n) is 9.97. The Labute approximate surface area is 101 Å². The molecule has 0 N–H and O–H groups in total. The molecule has 15 heavy (non-hydrogen) atoms. The summed E-state index contributed by atoms with van der Waals surface area (Å²) in [5.41, 5.74) is 4.77. The zero-order chi connectivity index (χ0) is 11.2. The van der Waals surface area contributed by atoms with Crippen LogP contribution in [0.4, 0.5) is 0 Å². The Morgan fingerprint density at radius 3 is 2.40 bits per heavy atom. The van der Waals surface area contributed by atoms with Crippen molar-refractivity contribution in [1.29, 1.82) is 0 Å². The average molecular weight is 267 g/mol. The van der Waals surface area contributed by atoms with Crippen LogP contribution in [0.1, 0.15) is 41.8 Å². The first kappa shape index (κ1) is 11.2. The Balaban J connectivity index is 2.23. The molecule has 1 aliphatic carbocycles. The predicted molar refractivity (Wildman–Crippen MR) is 69.5 cm³/mol. The molecule has 1 aliphatic rings. The van der Waals surface area contributed by atoms with E-state index in [1.54, 1.807) is 0 Å². The van der Waals surface area contributed by atoms with Crippen LogP contribution in [-0.4, -0.2) is 0 Å². The average Bonchev–Trinajstić information content (AvgIpc) is 2.74. The maximum Gasteiger partial charge on any atom is 0.0431 e. The van der Waals surface area contributed by atoms with E-state index in [0.29, 0.717) is 10.2 Å². The highest BCUT2D eigenvalue weighted by atomic mass is 79.9. The van der Waals surface area contributed by atoms with Crippen LogP contribution < -0.4 is 0 Å². The van der Waals surface area contributed by atoms with Gasteiger partial charge in [-0.2, -0.15) is 0 Å². The van der Waals surface area contributed by atoms with Gasteiger partial charge in [-0.25, -0.2) is 0 Å². The van der Waals surface area contributed by atoms with Crippen molar-refractivity contribution in [1.82, 2.24) is 0 Å². The molecule has 2 atom stereocenters. The van der Waals surface area contributed by atoms with E-state index in [1.807, 2.05) is 0 Å². The molecule has 0 aliphatic heterocycles. The summed E-state index contributed by atoms with van der Waals surface area (Å²) in [6.07, 6.45) is 1.34. The number of halogens is 1. The minimum Gasteiger partial charge on any atom is -0.0835 e. The van der Waals surface area contributed by atoms with Gasteiger partial charge in [-0.15, -0.1) is 0 Å². The normalized spacial score (nSPS) is 25.0. The lowest BCUT2D eigenvalue weighted by Crippen LogP contribution is -2.01. The van der Waals surface area contributed by atoms with Gasteiger partial charge in [-0.3, -0.25) is 0 Å². The number of aryl methyl sites for hydroxylation is 2. The van der Waals surface area contributed by atoms with E-state index in [0.717, 1.165) is 5.92 Å². The van der Waals surface area contributed by atoms with E-state index < -0.39 is 0 Å². The van der Waals surface area contributed by atoms with Gasteiger partial charge in [0.1, 0.15) is 0 Å². The van der Waals surface area contributed by atoms with Crippen LogP contribution in [0.2, 0.25) is 0 Å². The molecular formula is C14H19Br. The Morgan fingerprint density at radius 1 is 1.33 bits per heavy atom.